The van der Waals surface area contributed by atoms with E-state index in [1.54, 1.807) is 10.9 Å². The number of para-hydroxylation sites is 1. The first-order valence-corrected chi connectivity index (χ1v) is 7.08. The Labute approximate surface area is 127 Å². The summed E-state index contributed by atoms with van der Waals surface area (Å²) in [6.45, 7) is 2.07. The van der Waals surface area contributed by atoms with Gasteiger partial charge in [-0.1, -0.05) is 31.5 Å². The standard InChI is InChI=1S/C15H16N6O/c1-2-6-13-12(14(22)19-15-16-10-17-20-15)9-18-21(13)11-7-4-3-5-8-11/h3-5,7-10H,2,6H2,1H3,(H2,16,17,19,20,22). The molecule has 0 saturated heterocycles. The number of hydrogen-bond donors (Lipinski definition) is 2. The zero-order chi connectivity index (χ0) is 15.4. The van der Waals surface area contributed by atoms with Crippen LogP contribution < -0.4 is 5.32 Å². The Hall–Kier alpha value is -2.96. The molecule has 0 aliphatic rings. The molecule has 0 bridgehead atoms. The molecule has 112 valence electrons. The lowest BCUT2D eigenvalue weighted by Crippen LogP contribution is -2.15. The molecule has 1 amide bonds. The van der Waals surface area contributed by atoms with Crippen molar-refractivity contribution in [1.29, 1.82) is 0 Å². The molecule has 3 aromatic rings. The molecule has 0 unspecified atom stereocenters. The molecule has 0 saturated carbocycles. The van der Waals surface area contributed by atoms with Crippen molar-refractivity contribution < 1.29 is 4.79 Å². The number of rotatable bonds is 5. The van der Waals surface area contributed by atoms with E-state index in [-0.39, 0.29) is 5.91 Å². The van der Waals surface area contributed by atoms with Gasteiger partial charge in [0.1, 0.15) is 6.33 Å². The van der Waals surface area contributed by atoms with E-state index in [1.807, 2.05) is 30.3 Å². The minimum absolute atomic E-state index is 0.248. The number of hydrogen-bond acceptors (Lipinski definition) is 4. The van der Waals surface area contributed by atoms with Gasteiger partial charge in [0.25, 0.3) is 5.91 Å². The van der Waals surface area contributed by atoms with Crippen LogP contribution in [0.3, 0.4) is 0 Å². The van der Waals surface area contributed by atoms with E-state index >= 15 is 0 Å². The third-order valence-electron chi connectivity index (χ3n) is 3.25. The highest BCUT2D eigenvalue weighted by molar-refractivity contribution is 6.04. The number of nitrogens with zero attached hydrogens (tertiary/aromatic N) is 4. The van der Waals surface area contributed by atoms with E-state index in [9.17, 15) is 4.79 Å². The van der Waals surface area contributed by atoms with Crippen molar-refractivity contribution in [3.05, 3.63) is 54.1 Å². The number of aromatic nitrogens is 5. The molecule has 0 radical (unpaired) electrons. The molecule has 7 nitrogen and oxygen atoms in total. The Bertz CT molecular complexity index is 748. The van der Waals surface area contributed by atoms with Crippen LogP contribution in [0.2, 0.25) is 0 Å². The fourth-order valence-electron chi connectivity index (χ4n) is 2.27. The van der Waals surface area contributed by atoms with Crippen LogP contribution in [0.15, 0.2) is 42.9 Å². The Morgan fingerprint density at radius 3 is 2.82 bits per heavy atom. The summed E-state index contributed by atoms with van der Waals surface area (Å²) in [4.78, 5) is 16.3. The molecule has 1 aromatic carbocycles. The Morgan fingerprint density at radius 1 is 1.32 bits per heavy atom. The van der Waals surface area contributed by atoms with Gasteiger partial charge < -0.3 is 0 Å². The molecule has 0 atom stereocenters. The SMILES string of the molecule is CCCc1c(C(=O)Nc2ncn[nH]2)cnn1-c1ccccc1. The fraction of sp³-hybridized carbons (Fsp3) is 0.200. The molecule has 2 N–H and O–H groups in total. The summed E-state index contributed by atoms with van der Waals surface area (Å²) in [6.07, 6.45) is 4.61. The van der Waals surface area contributed by atoms with Crippen LogP contribution in [0.5, 0.6) is 0 Å². The van der Waals surface area contributed by atoms with Gasteiger partial charge in [-0.25, -0.2) is 9.78 Å². The van der Waals surface area contributed by atoms with Gasteiger partial charge in [-0.05, 0) is 18.6 Å². The van der Waals surface area contributed by atoms with Crippen molar-refractivity contribution in [2.75, 3.05) is 5.32 Å². The second kappa shape index (κ2) is 6.21. The number of nitrogens with one attached hydrogen (secondary N) is 2. The first-order valence-electron chi connectivity index (χ1n) is 7.08. The van der Waals surface area contributed by atoms with Crippen LogP contribution >= 0.6 is 0 Å². The van der Waals surface area contributed by atoms with Crippen LogP contribution in [0.4, 0.5) is 5.95 Å². The molecule has 0 aliphatic carbocycles. The van der Waals surface area contributed by atoms with Crippen molar-refractivity contribution in [2.45, 2.75) is 19.8 Å². The van der Waals surface area contributed by atoms with Crippen LogP contribution in [-0.4, -0.2) is 30.9 Å². The Kier molecular flexibility index (Phi) is 3.95. The van der Waals surface area contributed by atoms with Crippen LogP contribution in [0.1, 0.15) is 29.4 Å². The first kappa shape index (κ1) is 14.0. The molecule has 22 heavy (non-hydrogen) atoms. The van der Waals surface area contributed by atoms with Crippen molar-refractivity contribution >= 4 is 11.9 Å². The zero-order valence-electron chi connectivity index (χ0n) is 12.2. The third-order valence-corrected chi connectivity index (χ3v) is 3.25. The Balaban J connectivity index is 1.94. The normalized spacial score (nSPS) is 10.6. The summed E-state index contributed by atoms with van der Waals surface area (Å²) in [5.74, 6) is 0.0716. The van der Waals surface area contributed by atoms with Gasteiger partial charge >= 0.3 is 0 Å². The lowest BCUT2D eigenvalue weighted by atomic mass is 10.1. The molecular weight excluding hydrogens is 280 g/mol. The number of amides is 1. The minimum Gasteiger partial charge on any atom is -0.291 e. The van der Waals surface area contributed by atoms with E-state index in [2.05, 4.69) is 32.5 Å². The molecule has 0 fully saturated rings. The zero-order valence-corrected chi connectivity index (χ0v) is 12.2. The van der Waals surface area contributed by atoms with Gasteiger partial charge in [-0.15, -0.1) is 0 Å². The van der Waals surface area contributed by atoms with Crippen molar-refractivity contribution in [1.82, 2.24) is 25.0 Å². The average molecular weight is 296 g/mol. The van der Waals surface area contributed by atoms with Gasteiger partial charge in [0.15, 0.2) is 0 Å². The van der Waals surface area contributed by atoms with Gasteiger partial charge in [-0.2, -0.15) is 15.2 Å². The van der Waals surface area contributed by atoms with E-state index < -0.39 is 0 Å². The third kappa shape index (κ3) is 2.73. The molecule has 2 heterocycles. The highest BCUT2D eigenvalue weighted by Crippen LogP contribution is 2.17. The van der Waals surface area contributed by atoms with E-state index in [0.717, 1.165) is 24.2 Å². The maximum absolute atomic E-state index is 12.4. The Morgan fingerprint density at radius 2 is 2.14 bits per heavy atom. The van der Waals surface area contributed by atoms with E-state index in [1.165, 1.54) is 6.33 Å². The number of H-pyrrole nitrogens is 1. The number of anilines is 1. The molecule has 0 aliphatic heterocycles. The van der Waals surface area contributed by atoms with Crippen molar-refractivity contribution in [3.8, 4) is 5.69 Å². The summed E-state index contributed by atoms with van der Waals surface area (Å²) >= 11 is 0. The van der Waals surface area contributed by atoms with Crippen molar-refractivity contribution in [2.24, 2.45) is 0 Å². The summed E-state index contributed by atoms with van der Waals surface area (Å²) in [6, 6.07) is 9.76. The molecule has 0 spiro atoms. The summed E-state index contributed by atoms with van der Waals surface area (Å²) < 4.78 is 1.80. The molecule has 2 aromatic heterocycles. The van der Waals surface area contributed by atoms with Crippen LogP contribution in [-0.2, 0) is 6.42 Å². The number of aromatic amines is 1. The number of carbonyl (C=O) groups excluding carboxylic acids is 1. The van der Waals surface area contributed by atoms with E-state index in [4.69, 9.17) is 0 Å². The number of carbonyl (C=O) groups is 1. The predicted molar refractivity (Wildman–Crippen MR) is 81.9 cm³/mol. The first-order chi connectivity index (χ1) is 10.8. The van der Waals surface area contributed by atoms with Gasteiger partial charge in [0.05, 0.1) is 23.1 Å². The maximum Gasteiger partial charge on any atom is 0.261 e. The fourth-order valence-corrected chi connectivity index (χ4v) is 2.27. The lowest BCUT2D eigenvalue weighted by molar-refractivity contribution is 0.102. The molecule has 7 heteroatoms. The minimum atomic E-state index is -0.248. The maximum atomic E-state index is 12.4. The van der Waals surface area contributed by atoms with Gasteiger partial charge in [0, 0.05) is 0 Å². The monoisotopic (exact) mass is 296 g/mol. The van der Waals surface area contributed by atoms with Gasteiger partial charge in [-0.3, -0.25) is 10.1 Å². The van der Waals surface area contributed by atoms with Gasteiger partial charge in [0.2, 0.25) is 5.95 Å². The highest BCUT2D eigenvalue weighted by Gasteiger charge is 2.18. The highest BCUT2D eigenvalue weighted by atomic mass is 16.1. The largest absolute Gasteiger partial charge is 0.291 e. The molecule has 3 rings (SSSR count). The second-order valence-corrected chi connectivity index (χ2v) is 4.79. The second-order valence-electron chi connectivity index (χ2n) is 4.79. The summed E-state index contributed by atoms with van der Waals surface area (Å²) in [5, 5.41) is 13.4. The molecular formula is C15H16N6O. The average Bonchev–Trinajstić information content (AvgIpc) is 3.18. The van der Waals surface area contributed by atoms with E-state index in [0.29, 0.717) is 11.5 Å². The predicted octanol–water partition coefficient (Wildman–Crippen LogP) is 2.20. The quantitative estimate of drug-likeness (QED) is 0.755. The van der Waals surface area contributed by atoms with Crippen LogP contribution in [0, 0.1) is 0 Å². The lowest BCUT2D eigenvalue weighted by Gasteiger charge is -2.08. The van der Waals surface area contributed by atoms with Crippen LogP contribution in [0.25, 0.3) is 5.69 Å². The number of benzene rings is 1. The smallest absolute Gasteiger partial charge is 0.261 e. The topological polar surface area (TPSA) is 88.5 Å². The van der Waals surface area contributed by atoms with Crippen molar-refractivity contribution in [3.63, 3.8) is 0 Å². The summed E-state index contributed by atoms with van der Waals surface area (Å²) in [7, 11) is 0. The summed E-state index contributed by atoms with van der Waals surface area (Å²) in [5.41, 5.74) is 2.36.